The van der Waals surface area contributed by atoms with Gasteiger partial charge in [0.25, 0.3) is 5.91 Å². The number of methoxy groups -OCH3 is 1. The van der Waals surface area contributed by atoms with Crippen molar-refractivity contribution in [3.05, 3.63) is 84.2 Å². The molecule has 8 nitrogen and oxygen atoms in total. The molecule has 2 aromatic heterocycles. The lowest BCUT2D eigenvalue weighted by molar-refractivity contribution is -0.118. The predicted octanol–water partition coefficient (Wildman–Crippen LogP) is 4.88. The number of rotatable bonds is 8. The number of thioether (sulfide) groups is 1. The van der Waals surface area contributed by atoms with E-state index in [1.165, 1.54) is 17.3 Å². The van der Waals surface area contributed by atoms with Gasteiger partial charge in [-0.15, -0.1) is 10.2 Å². The summed E-state index contributed by atoms with van der Waals surface area (Å²) in [6.45, 7) is 6.55. The number of benzene rings is 2. The van der Waals surface area contributed by atoms with Crippen molar-refractivity contribution in [2.75, 3.05) is 12.9 Å². The fourth-order valence-electron chi connectivity index (χ4n) is 3.43. The summed E-state index contributed by atoms with van der Waals surface area (Å²) in [5.74, 6) is 1.32. The first kappa shape index (κ1) is 25.1. The molecule has 2 aromatic carbocycles. The van der Waals surface area contributed by atoms with Crippen LogP contribution in [-0.4, -0.2) is 44.7 Å². The quantitative estimate of drug-likeness (QED) is 0.211. The molecule has 4 aromatic rings. The van der Waals surface area contributed by atoms with E-state index in [0.717, 1.165) is 22.6 Å². The van der Waals surface area contributed by atoms with Crippen molar-refractivity contribution in [2.45, 2.75) is 31.3 Å². The van der Waals surface area contributed by atoms with Gasteiger partial charge in [0.1, 0.15) is 5.75 Å². The van der Waals surface area contributed by atoms with Gasteiger partial charge in [0.2, 0.25) is 0 Å². The second kappa shape index (κ2) is 11.2. The molecule has 1 N–H and O–H groups in total. The van der Waals surface area contributed by atoms with E-state index in [0.29, 0.717) is 11.0 Å². The minimum absolute atomic E-state index is 0.0517. The van der Waals surface area contributed by atoms with Gasteiger partial charge in [-0.3, -0.25) is 14.3 Å². The highest BCUT2D eigenvalue weighted by Gasteiger charge is 2.19. The summed E-state index contributed by atoms with van der Waals surface area (Å²) in [7, 11) is 1.63. The van der Waals surface area contributed by atoms with Crippen LogP contribution in [0.2, 0.25) is 0 Å². The zero-order chi connectivity index (χ0) is 25.5. The van der Waals surface area contributed by atoms with Gasteiger partial charge in [-0.25, -0.2) is 5.43 Å². The molecule has 4 rings (SSSR count). The highest BCUT2D eigenvalue weighted by atomic mass is 32.2. The zero-order valence-corrected chi connectivity index (χ0v) is 21.5. The van der Waals surface area contributed by atoms with Gasteiger partial charge in [-0.1, -0.05) is 62.9 Å². The highest BCUT2D eigenvalue weighted by Crippen LogP contribution is 2.30. The first-order valence-corrected chi connectivity index (χ1v) is 12.4. The van der Waals surface area contributed by atoms with Crippen LogP contribution in [0.5, 0.6) is 5.75 Å². The Bertz CT molecular complexity index is 1330. The van der Waals surface area contributed by atoms with E-state index in [4.69, 9.17) is 4.74 Å². The summed E-state index contributed by atoms with van der Waals surface area (Å²) in [4.78, 5) is 16.4. The molecule has 0 bridgehead atoms. The Labute approximate surface area is 214 Å². The lowest BCUT2D eigenvalue weighted by Crippen LogP contribution is -2.20. The van der Waals surface area contributed by atoms with E-state index >= 15 is 0 Å². The first-order valence-electron chi connectivity index (χ1n) is 11.4. The van der Waals surface area contributed by atoms with Gasteiger partial charge in [-0.2, -0.15) is 5.10 Å². The smallest absolute Gasteiger partial charge is 0.250 e. The Morgan fingerprint density at radius 1 is 1.08 bits per heavy atom. The van der Waals surface area contributed by atoms with Crippen molar-refractivity contribution in [3.63, 3.8) is 0 Å². The monoisotopic (exact) mass is 500 g/mol. The van der Waals surface area contributed by atoms with Crippen molar-refractivity contribution >= 4 is 23.9 Å². The molecule has 36 heavy (non-hydrogen) atoms. The fraction of sp³-hybridized carbons (Fsp3) is 0.222. The molecule has 0 unspecified atom stereocenters. The van der Waals surface area contributed by atoms with Crippen LogP contribution < -0.4 is 10.2 Å². The Kier molecular flexibility index (Phi) is 7.80. The molecule has 9 heteroatoms. The van der Waals surface area contributed by atoms with Crippen LogP contribution in [0.15, 0.2) is 83.3 Å². The average Bonchev–Trinajstić information content (AvgIpc) is 3.31. The lowest BCUT2D eigenvalue weighted by Gasteiger charge is -2.19. The molecule has 0 atom stereocenters. The predicted molar refractivity (Wildman–Crippen MR) is 143 cm³/mol. The topological polar surface area (TPSA) is 94.3 Å². The molecule has 1 amide bonds. The first-order chi connectivity index (χ1) is 17.3. The standard InChI is InChI=1S/C27H28N6O2S/c1-27(2,3)21-9-7-20(8-10-21)25-31-32-26(33(25)22-11-13-23(35-4)14-12-22)36-18-24(34)30-29-17-19-6-5-15-28-16-19/h5-17H,18H2,1-4H3,(H,30,34)/b29-17-. The Morgan fingerprint density at radius 2 is 1.83 bits per heavy atom. The third-order valence-corrected chi connectivity index (χ3v) is 6.32. The fourth-order valence-corrected chi connectivity index (χ4v) is 4.17. The average molecular weight is 501 g/mol. The number of nitrogens with zero attached hydrogens (tertiary/aromatic N) is 5. The van der Waals surface area contributed by atoms with Crippen molar-refractivity contribution in [1.82, 2.24) is 25.2 Å². The zero-order valence-electron chi connectivity index (χ0n) is 20.7. The number of pyridine rings is 1. The Morgan fingerprint density at radius 3 is 2.47 bits per heavy atom. The van der Waals surface area contributed by atoms with Crippen LogP contribution in [0.4, 0.5) is 0 Å². The summed E-state index contributed by atoms with van der Waals surface area (Å²) in [6.07, 6.45) is 4.89. The molecule has 0 aliphatic heterocycles. The van der Waals surface area contributed by atoms with Gasteiger partial charge >= 0.3 is 0 Å². The summed E-state index contributed by atoms with van der Waals surface area (Å²) in [6, 6.07) is 19.6. The number of amides is 1. The number of ether oxygens (including phenoxy) is 1. The van der Waals surface area contributed by atoms with E-state index in [2.05, 4.69) is 70.7 Å². The maximum atomic E-state index is 12.4. The van der Waals surface area contributed by atoms with E-state index in [9.17, 15) is 4.79 Å². The molecular weight excluding hydrogens is 472 g/mol. The van der Waals surface area contributed by atoms with Crippen LogP contribution in [0.3, 0.4) is 0 Å². The molecule has 0 spiro atoms. The maximum Gasteiger partial charge on any atom is 0.250 e. The number of hydrogen-bond donors (Lipinski definition) is 1. The van der Waals surface area contributed by atoms with Gasteiger partial charge in [0.05, 0.1) is 19.1 Å². The van der Waals surface area contributed by atoms with Gasteiger partial charge in [-0.05, 0) is 41.3 Å². The number of aromatic nitrogens is 4. The van der Waals surface area contributed by atoms with Crippen molar-refractivity contribution in [3.8, 4) is 22.8 Å². The van der Waals surface area contributed by atoms with Crippen molar-refractivity contribution < 1.29 is 9.53 Å². The van der Waals surface area contributed by atoms with E-state index < -0.39 is 0 Å². The Balaban J connectivity index is 1.56. The molecule has 0 saturated heterocycles. The SMILES string of the molecule is COc1ccc(-n2c(SCC(=O)N/N=C\c3cccnc3)nnc2-c2ccc(C(C)(C)C)cc2)cc1. The van der Waals surface area contributed by atoms with E-state index in [1.54, 1.807) is 31.8 Å². The summed E-state index contributed by atoms with van der Waals surface area (Å²) in [5.41, 5.74) is 6.43. The number of carbonyl (C=O) groups excluding carboxylic acids is 1. The van der Waals surface area contributed by atoms with Gasteiger partial charge < -0.3 is 4.74 Å². The third kappa shape index (κ3) is 6.17. The van der Waals surface area contributed by atoms with Crippen LogP contribution in [0.1, 0.15) is 31.9 Å². The van der Waals surface area contributed by atoms with E-state index in [-0.39, 0.29) is 17.1 Å². The van der Waals surface area contributed by atoms with Crippen LogP contribution >= 0.6 is 11.8 Å². The minimum atomic E-state index is -0.250. The molecule has 0 aliphatic carbocycles. The third-order valence-electron chi connectivity index (χ3n) is 5.39. The molecule has 0 fully saturated rings. The highest BCUT2D eigenvalue weighted by molar-refractivity contribution is 7.99. The second-order valence-electron chi connectivity index (χ2n) is 9.04. The lowest BCUT2D eigenvalue weighted by atomic mass is 9.87. The number of nitrogens with one attached hydrogen (secondary N) is 1. The summed E-state index contributed by atoms with van der Waals surface area (Å²) in [5, 5.41) is 13.5. The molecule has 0 aliphatic rings. The van der Waals surface area contributed by atoms with Crippen LogP contribution in [0, 0.1) is 0 Å². The second-order valence-corrected chi connectivity index (χ2v) is 9.98. The van der Waals surface area contributed by atoms with Gasteiger partial charge in [0, 0.05) is 29.2 Å². The maximum absolute atomic E-state index is 12.4. The van der Waals surface area contributed by atoms with Crippen LogP contribution in [0.25, 0.3) is 17.1 Å². The van der Waals surface area contributed by atoms with Crippen molar-refractivity contribution in [1.29, 1.82) is 0 Å². The number of carbonyl (C=O) groups is 1. The molecular formula is C27H28N6O2S. The summed E-state index contributed by atoms with van der Waals surface area (Å²) < 4.78 is 7.26. The normalized spacial score (nSPS) is 11.6. The van der Waals surface area contributed by atoms with Crippen molar-refractivity contribution in [2.24, 2.45) is 5.10 Å². The number of hydrogen-bond acceptors (Lipinski definition) is 7. The summed E-state index contributed by atoms with van der Waals surface area (Å²) >= 11 is 1.29. The van der Waals surface area contributed by atoms with Crippen LogP contribution in [-0.2, 0) is 10.2 Å². The minimum Gasteiger partial charge on any atom is -0.497 e. The largest absolute Gasteiger partial charge is 0.497 e. The molecule has 2 heterocycles. The Hall–Kier alpha value is -3.98. The number of hydrazone groups is 1. The van der Waals surface area contributed by atoms with Gasteiger partial charge in [0.15, 0.2) is 11.0 Å². The molecule has 0 saturated carbocycles. The van der Waals surface area contributed by atoms with E-state index in [1.807, 2.05) is 34.9 Å². The molecule has 184 valence electrons. The molecule has 0 radical (unpaired) electrons.